The van der Waals surface area contributed by atoms with Crippen molar-refractivity contribution in [3.8, 4) is 11.5 Å². The number of ether oxygens (including phenoxy) is 1. The fraction of sp³-hybridized carbons (Fsp3) is 0.138. The van der Waals surface area contributed by atoms with Gasteiger partial charge in [-0.3, -0.25) is 9.59 Å². The first-order valence-corrected chi connectivity index (χ1v) is 11.8. The highest BCUT2D eigenvalue weighted by Crippen LogP contribution is 2.34. The summed E-state index contributed by atoms with van der Waals surface area (Å²) >= 11 is 6.16. The molecule has 3 aromatic carbocycles. The summed E-state index contributed by atoms with van der Waals surface area (Å²) in [5.41, 5.74) is 2.46. The molecule has 0 spiro atoms. The largest absolute Gasteiger partial charge is 0.478 e. The zero-order valence-corrected chi connectivity index (χ0v) is 20.8. The van der Waals surface area contributed by atoms with Crippen molar-refractivity contribution in [2.75, 3.05) is 0 Å². The summed E-state index contributed by atoms with van der Waals surface area (Å²) < 4.78 is 20.8. The van der Waals surface area contributed by atoms with Gasteiger partial charge in [0.15, 0.2) is 5.78 Å². The van der Waals surface area contributed by atoms with Crippen LogP contribution in [0.25, 0.3) is 0 Å². The third-order valence-corrected chi connectivity index (χ3v) is 6.33. The van der Waals surface area contributed by atoms with Crippen LogP contribution in [0.15, 0.2) is 83.8 Å². The van der Waals surface area contributed by atoms with E-state index in [2.05, 4.69) is 0 Å². The fourth-order valence-corrected chi connectivity index (χ4v) is 4.36. The van der Waals surface area contributed by atoms with Gasteiger partial charge in [-0.15, -0.1) is 0 Å². The average molecular weight is 520 g/mol. The molecule has 0 bridgehead atoms. The lowest BCUT2D eigenvalue weighted by Crippen LogP contribution is -2.17. The van der Waals surface area contributed by atoms with Gasteiger partial charge in [0.2, 0.25) is 5.56 Å². The van der Waals surface area contributed by atoms with Crippen LogP contribution in [0.4, 0.5) is 4.39 Å². The maximum absolute atomic E-state index is 13.7. The molecule has 0 radical (unpaired) electrons. The topological polar surface area (TPSA) is 85.6 Å². The van der Waals surface area contributed by atoms with E-state index >= 15 is 0 Å². The second-order valence-corrected chi connectivity index (χ2v) is 9.10. The molecule has 0 saturated carbocycles. The van der Waals surface area contributed by atoms with Gasteiger partial charge in [0.1, 0.15) is 17.3 Å². The lowest BCUT2D eigenvalue weighted by atomic mass is 9.84. The lowest BCUT2D eigenvalue weighted by molar-refractivity contribution is 0.0691. The Morgan fingerprint density at radius 2 is 1.70 bits per heavy atom. The fourth-order valence-electron chi connectivity index (χ4n) is 4.14. The lowest BCUT2D eigenvalue weighted by Gasteiger charge is -2.20. The molecular formula is C29H23ClFNO5. The van der Waals surface area contributed by atoms with Crippen LogP contribution in [0.3, 0.4) is 0 Å². The summed E-state index contributed by atoms with van der Waals surface area (Å²) in [6.45, 7) is 1.93. The molecular weight excluding hydrogens is 497 g/mol. The van der Waals surface area contributed by atoms with E-state index < -0.39 is 17.3 Å². The smallest absolute Gasteiger partial charge is 0.338 e. The number of carbonyl (C=O) groups excluding carboxylic acids is 1. The van der Waals surface area contributed by atoms with Crippen LogP contribution in [0.5, 0.6) is 11.5 Å². The third kappa shape index (κ3) is 5.95. The Kier molecular flexibility index (Phi) is 7.55. The number of pyridine rings is 1. The number of aryl methyl sites for hydroxylation is 2. The third-order valence-electron chi connectivity index (χ3n) is 6.09. The van der Waals surface area contributed by atoms with Crippen molar-refractivity contribution < 1.29 is 23.8 Å². The zero-order chi connectivity index (χ0) is 26.7. The number of hydrogen-bond donors (Lipinski definition) is 1. The molecule has 4 aromatic rings. The van der Waals surface area contributed by atoms with E-state index in [4.69, 9.17) is 21.4 Å². The molecule has 0 amide bonds. The number of aromatic carboxylic acids is 1. The van der Waals surface area contributed by atoms with Crippen molar-refractivity contribution in [1.29, 1.82) is 0 Å². The first-order chi connectivity index (χ1) is 17.6. The first kappa shape index (κ1) is 25.9. The Bertz CT molecular complexity index is 1550. The van der Waals surface area contributed by atoms with E-state index in [0.29, 0.717) is 16.3 Å². The minimum atomic E-state index is -1.39. The molecule has 188 valence electrons. The predicted octanol–water partition coefficient (Wildman–Crippen LogP) is 6.38. The van der Waals surface area contributed by atoms with Crippen molar-refractivity contribution in [2.24, 2.45) is 7.05 Å². The second-order valence-electron chi connectivity index (χ2n) is 8.67. The van der Waals surface area contributed by atoms with Gasteiger partial charge in [-0.1, -0.05) is 29.8 Å². The standard InChI is InChI=1S/C29H23ClFNO5/c1-17-13-20(30)6-10-23(17)24(15-27(33)19-5-12-28(34)32(2)16-19)18-3-7-21(8-4-18)37-22-9-11-26(31)25(14-22)29(35)36/h3-14,16,24H,15H2,1-2H3,(H,35,36). The zero-order valence-electron chi connectivity index (χ0n) is 20.1. The maximum atomic E-state index is 13.7. The number of aromatic nitrogens is 1. The number of rotatable bonds is 8. The highest BCUT2D eigenvalue weighted by atomic mass is 35.5. The summed E-state index contributed by atoms with van der Waals surface area (Å²) in [5.74, 6) is -2.06. The van der Waals surface area contributed by atoms with Crippen LogP contribution < -0.4 is 10.3 Å². The molecule has 6 nitrogen and oxygen atoms in total. The monoisotopic (exact) mass is 519 g/mol. The maximum Gasteiger partial charge on any atom is 0.338 e. The van der Waals surface area contributed by atoms with Gasteiger partial charge in [-0.2, -0.15) is 0 Å². The number of Topliss-reactive ketones (excluding diaryl/α,β-unsaturated/α-hetero) is 1. The van der Waals surface area contributed by atoms with Crippen molar-refractivity contribution in [1.82, 2.24) is 4.57 Å². The van der Waals surface area contributed by atoms with Gasteiger partial charge in [0.05, 0.1) is 5.56 Å². The summed E-state index contributed by atoms with van der Waals surface area (Å²) in [5, 5.41) is 9.73. The van der Waals surface area contributed by atoms with Gasteiger partial charge >= 0.3 is 5.97 Å². The number of carboxylic acids is 1. The number of ketones is 1. The van der Waals surface area contributed by atoms with Gasteiger partial charge in [-0.25, -0.2) is 9.18 Å². The summed E-state index contributed by atoms with van der Waals surface area (Å²) in [6.07, 6.45) is 1.68. The minimum Gasteiger partial charge on any atom is -0.478 e. The number of hydrogen-bond acceptors (Lipinski definition) is 4. The number of carboxylic acid groups (broad SMARTS) is 1. The van der Waals surface area contributed by atoms with Crippen molar-refractivity contribution in [3.05, 3.63) is 128 Å². The predicted molar refractivity (Wildman–Crippen MR) is 139 cm³/mol. The Hall–Kier alpha value is -4.23. The number of benzene rings is 3. The van der Waals surface area contributed by atoms with E-state index in [1.807, 2.05) is 31.2 Å². The number of halogens is 2. The van der Waals surface area contributed by atoms with Gasteiger partial charge in [-0.05, 0) is 72.1 Å². The van der Waals surface area contributed by atoms with Gasteiger partial charge < -0.3 is 14.4 Å². The Morgan fingerprint density at radius 3 is 2.35 bits per heavy atom. The van der Waals surface area contributed by atoms with E-state index in [0.717, 1.165) is 28.8 Å². The van der Waals surface area contributed by atoms with Crippen LogP contribution in [-0.4, -0.2) is 21.4 Å². The summed E-state index contributed by atoms with van der Waals surface area (Å²) in [7, 11) is 1.60. The van der Waals surface area contributed by atoms with Crippen molar-refractivity contribution in [2.45, 2.75) is 19.3 Å². The minimum absolute atomic E-state index is 0.122. The molecule has 4 rings (SSSR count). The Labute approximate surface area is 217 Å². The molecule has 1 atom stereocenters. The van der Waals surface area contributed by atoms with Gasteiger partial charge in [0, 0.05) is 42.2 Å². The summed E-state index contributed by atoms with van der Waals surface area (Å²) in [4.78, 5) is 36.2. The van der Waals surface area contributed by atoms with Gasteiger partial charge in [0.25, 0.3) is 0 Å². The van der Waals surface area contributed by atoms with E-state index in [-0.39, 0.29) is 29.4 Å². The molecule has 0 fully saturated rings. The molecule has 1 heterocycles. The molecule has 0 aliphatic heterocycles. The molecule has 1 unspecified atom stereocenters. The van der Waals surface area contributed by atoms with E-state index in [1.54, 1.807) is 25.2 Å². The molecule has 37 heavy (non-hydrogen) atoms. The molecule has 0 aliphatic rings. The molecule has 1 N–H and O–H groups in total. The molecule has 0 aliphatic carbocycles. The average Bonchev–Trinajstić information content (AvgIpc) is 2.86. The number of nitrogens with zero attached hydrogens (tertiary/aromatic N) is 1. The highest BCUT2D eigenvalue weighted by Gasteiger charge is 2.22. The van der Waals surface area contributed by atoms with Crippen molar-refractivity contribution >= 4 is 23.4 Å². The normalized spacial score (nSPS) is 11.7. The highest BCUT2D eigenvalue weighted by molar-refractivity contribution is 6.30. The van der Waals surface area contributed by atoms with E-state index in [1.165, 1.54) is 29.0 Å². The second kappa shape index (κ2) is 10.8. The summed E-state index contributed by atoms with van der Waals surface area (Å²) in [6, 6.07) is 19.0. The van der Waals surface area contributed by atoms with Crippen LogP contribution in [0.1, 0.15) is 49.7 Å². The number of carbonyl (C=O) groups is 2. The SMILES string of the molecule is Cc1cc(Cl)ccc1C(CC(=O)c1ccc(=O)n(C)c1)c1ccc(Oc2ccc(F)c(C(=O)O)c2)cc1. The quantitative estimate of drug-likeness (QED) is 0.273. The van der Waals surface area contributed by atoms with Crippen LogP contribution in [-0.2, 0) is 7.05 Å². The van der Waals surface area contributed by atoms with Crippen LogP contribution in [0, 0.1) is 12.7 Å². The van der Waals surface area contributed by atoms with Crippen molar-refractivity contribution in [3.63, 3.8) is 0 Å². The molecule has 1 aromatic heterocycles. The van der Waals surface area contributed by atoms with E-state index in [9.17, 15) is 18.8 Å². The molecule has 0 saturated heterocycles. The van der Waals surface area contributed by atoms with Crippen LogP contribution in [0.2, 0.25) is 5.02 Å². The Morgan fingerprint density at radius 1 is 1.00 bits per heavy atom. The molecule has 8 heteroatoms. The van der Waals surface area contributed by atoms with Crippen LogP contribution >= 0.6 is 11.6 Å². The first-order valence-electron chi connectivity index (χ1n) is 11.4. The Balaban J connectivity index is 1.64.